The Kier molecular flexibility index (Phi) is 4.96. The fraction of sp³-hybridized carbons (Fsp3) is 0.917. The van der Waals surface area contributed by atoms with Crippen molar-refractivity contribution >= 4 is 9.84 Å². The molecular weight excluding hydrogens is 238 g/mol. The summed E-state index contributed by atoms with van der Waals surface area (Å²) in [4.78, 5) is 0. The van der Waals surface area contributed by atoms with Crippen LogP contribution in [0.15, 0.2) is 0 Å². The van der Waals surface area contributed by atoms with E-state index in [0.717, 1.165) is 12.8 Å². The maximum absolute atomic E-state index is 11.8. The van der Waals surface area contributed by atoms with E-state index in [4.69, 9.17) is 10.00 Å². The molecule has 0 aliphatic carbocycles. The zero-order valence-electron chi connectivity index (χ0n) is 10.6. The number of nitrogens with zero attached hydrogens (tertiary/aromatic N) is 1. The van der Waals surface area contributed by atoms with Crippen LogP contribution >= 0.6 is 0 Å². The smallest absolute Gasteiger partial charge is 0.152 e. The van der Waals surface area contributed by atoms with Gasteiger partial charge in [-0.2, -0.15) is 5.26 Å². The van der Waals surface area contributed by atoms with Crippen molar-refractivity contribution in [1.29, 1.82) is 5.26 Å². The highest BCUT2D eigenvalue weighted by molar-refractivity contribution is 7.91. The van der Waals surface area contributed by atoms with Crippen molar-refractivity contribution in [2.45, 2.75) is 45.6 Å². The molecule has 0 radical (unpaired) electrons. The van der Waals surface area contributed by atoms with Gasteiger partial charge in [-0.05, 0) is 39.5 Å². The van der Waals surface area contributed by atoms with E-state index in [0.29, 0.717) is 19.4 Å². The van der Waals surface area contributed by atoms with Crippen LogP contribution in [0.3, 0.4) is 0 Å². The highest BCUT2D eigenvalue weighted by Crippen LogP contribution is 2.21. The number of hydrogen-bond acceptors (Lipinski definition) is 4. The first-order valence-electron chi connectivity index (χ1n) is 6.08. The second kappa shape index (κ2) is 5.83. The molecule has 0 amide bonds. The molecule has 0 spiro atoms. The fourth-order valence-electron chi connectivity index (χ4n) is 1.93. The van der Waals surface area contributed by atoms with Crippen molar-refractivity contribution in [3.8, 4) is 6.07 Å². The van der Waals surface area contributed by atoms with Gasteiger partial charge in [-0.15, -0.1) is 0 Å². The Bertz CT molecular complexity index is 375. The van der Waals surface area contributed by atoms with Gasteiger partial charge in [0, 0.05) is 6.61 Å². The largest absolute Gasteiger partial charge is 0.377 e. The molecule has 1 rings (SSSR count). The standard InChI is InChI=1S/C12H21NO3S/c1-12(2,10-13)6-4-8-17(14,15)9-11-5-3-7-16-11/h11H,3-9H2,1-2H3. The van der Waals surface area contributed by atoms with Gasteiger partial charge < -0.3 is 4.74 Å². The van der Waals surface area contributed by atoms with Crippen LogP contribution in [-0.4, -0.2) is 32.6 Å². The fourth-order valence-corrected chi connectivity index (χ4v) is 3.51. The highest BCUT2D eigenvalue weighted by Gasteiger charge is 2.24. The van der Waals surface area contributed by atoms with Gasteiger partial charge in [0.25, 0.3) is 0 Å². The zero-order valence-corrected chi connectivity index (χ0v) is 11.4. The molecule has 0 saturated carbocycles. The van der Waals surface area contributed by atoms with E-state index in [-0.39, 0.29) is 17.6 Å². The first-order chi connectivity index (χ1) is 7.85. The van der Waals surface area contributed by atoms with Gasteiger partial charge in [0.2, 0.25) is 0 Å². The SMILES string of the molecule is CC(C)(C#N)CCCS(=O)(=O)CC1CCCO1. The van der Waals surface area contributed by atoms with E-state index in [9.17, 15) is 8.42 Å². The third-order valence-electron chi connectivity index (χ3n) is 3.02. The number of ether oxygens (including phenoxy) is 1. The summed E-state index contributed by atoms with van der Waals surface area (Å²) in [6, 6.07) is 2.18. The van der Waals surface area contributed by atoms with Crippen LogP contribution in [0.5, 0.6) is 0 Å². The predicted molar refractivity (Wildman–Crippen MR) is 66.3 cm³/mol. The van der Waals surface area contributed by atoms with Gasteiger partial charge in [-0.25, -0.2) is 8.42 Å². The van der Waals surface area contributed by atoms with E-state index < -0.39 is 15.3 Å². The summed E-state index contributed by atoms with van der Waals surface area (Å²) < 4.78 is 28.9. The lowest BCUT2D eigenvalue weighted by Gasteiger charge is -2.15. The third kappa shape index (κ3) is 5.51. The van der Waals surface area contributed by atoms with Gasteiger partial charge in [0.1, 0.15) is 0 Å². The molecule has 0 aromatic heterocycles. The van der Waals surface area contributed by atoms with Crippen LogP contribution in [0.1, 0.15) is 39.5 Å². The Morgan fingerprint density at radius 3 is 2.71 bits per heavy atom. The number of sulfone groups is 1. The minimum atomic E-state index is -3.03. The molecule has 1 atom stereocenters. The molecule has 0 aromatic rings. The monoisotopic (exact) mass is 259 g/mol. The second-order valence-electron chi connectivity index (χ2n) is 5.35. The molecule has 5 heteroatoms. The first kappa shape index (κ1) is 14.5. The molecule has 1 fully saturated rings. The predicted octanol–water partition coefficient (Wildman–Crippen LogP) is 1.91. The van der Waals surface area contributed by atoms with E-state index in [1.165, 1.54) is 0 Å². The van der Waals surface area contributed by atoms with Crippen LogP contribution in [0.4, 0.5) is 0 Å². The number of nitriles is 1. The van der Waals surface area contributed by atoms with E-state index in [1.807, 2.05) is 13.8 Å². The van der Waals surface area contributed by atoms with Gasteiger partial charge in [-0.1, -0.05) is 0 Å². The van der Waals surface area contributed by atoms with Crippen molar-refractivity contribution in [2.24, 2.45) is 5.41 Å². The molecule has 0 N–H and O–H groups in total. The van der Waals surface area contributed by atoms with E-state index >= 15 is 0 Å². The molecular formula is C12H21NO3S. The molecule has 4 nitrogen and oxygen atoms in total. The maximum atomic E-state index is 11.8. The third-order valence-corrected chi connectivity index (χ3v) is 4.81. The van der Waals surface area contributed by atoms with Crippen molar-refractivity contribution < 1.29 is 13.2 Å². The van der Waals surface area contributed by atoms with Crippen LogP contribution in [0, 0.1) is 16.7 Å². The Balaban J connectivity index is 2.32. The lowest BCUT2D eigenvalue weighted by Crippen LogP contribution is -2.23. The second-order valence-corrected chi connectivity index (χ2v) is 7.58. The van der Waals surface area contributed by atoms with Crippen LogP contribution in [0.25, 0.3) is 0 Å². The maximum Gasteiger partial charge on any atom is 0.152 e. The molecule has 1 aliphatic rings. The summed E-state index contributed by atoms with van der Waals surface area (Å²) in [5, 5.41) is 8.83. The molecule has 1 heterocycles. The molecule has 1 unspecified atom stereocenters. The summed E-state index contributed by atoms with van der Waals surface area (Å²) in [7, 11) is -3.03. The average Bonchev–Trinajstić information content (AvgIpc) is 2.69. The summed E-state index contributed by atoms with van der Waals surface area (Å²) in [5.74, 6) is 0.304. The number of rotatable bonds is 6. The number of hydrogen-bond donors (Lipinski definition) is 0. The molecule has 0 aromatic carbocycles. The van der Waals surface area contributed by atoms with E-state index in [2.05, 4.69) is 6.07 Å². The topological polar surface area (TPSA) is 67.2 Å². The minimum Gasteiger partial charge on any atom is -0.377 e. The zero-order chi connectivity index (χ0) is 12.9. The Labute approximate surface area is 104 Å². The van der Waals surface area contributed by atoms with Crippen molar-refractivity contribution in [3.05, 3.63) is 0 Å². The summed E-state index contributed by atoms with van der Waals surface area (Å²) in [5.41, 5.74) is -0.431. The van der Waals surface area contributed by atoms with Gasteiger partial charge in [0.15, 0.2) is 9.84 Å². The van der Waals surface area contributed by atoms with Gasteiger partial charge in [0.05, 0.1) is 29.1 Å². The normalized spacial score (nSPS) is 21.4. The molecule has 98 valence electrons. The van der Waals surface area contributed by atoms with Crippen molar-refractivity contribution in [1.82, 2.24) is 0 Å². The van der Waals surface area contributed by atoms with Crippen LogP contribution in [0.2, 0.25) is 0 Å². The van der Waals surface area contributed by atoms with Crippen LogP contribution in [-0.2, 0) is 14.6 Å². The van der Waals surface area contributed by atoms with Crippen LogP contribution < -0.4 is 0 Å². The molecule has 17 heavy (non-hydrogen) atoms. The van der Waals surface area contributed by atoms with Crippen molar-refractivity contribution in [2.75, 3.05) is 18.1 Å². The Morgan fingerprint density at radius 1 is 1.47 bits per heavy atom. The first-order valence-corrected chi connectivity index (χ1v) is 7.90. The lowest BCUT2D eigenvalue weighted by atomic mass is 9.90. The highest BCUT2D eigenvalue weighted by atomic mass is 32.2. The Morgan fingerprint density at radius 2 is 2.18 bits per heavy atom. The lowest BCUT2D eigenvalue weighted by molar-refractivity contribution is 0.127. The molecule has 0 bridgehead atoms. The van der Waals surface area contributed by atoms with Gasteiger partial charge in [-0.3, -0.25) is 0 Å². The summed E-state index contributed by atoms with van der Waals surface area (Å²) in [6.07, 6.45) is 2.87. The summed E-state index contributed by atoms with van der Waals surface area (Å²) >= 11 is 0. The Hall–Kier alpha value is -0.600. The summed E-state index contributed by atoms with van der Waals surface area (Å²) in [6.45, 7) is 4.35. The average molecular weight is 259 g/mol. The van der Waals surface area contributed by atoms with Gasteiger partial charge >= 0.3 is 0 Å². The quantitative estimate of drug-likeness (QED) is 0.730. The molecule has 1 saturated heterocycles. The minimum absolute atomic E-state index is 0.107. The van der Waals surface area contributed by atoms with E-state index in [1.54, 1.807) is 0 Å². The van der Waals surface area contributed by atoms with Crippen molar-refractivity contribution in [3.63, 3.8) is 0 Å². The molecule has 1 aliphatic heterocycles.